The van der Waals surface area contributed by atoms with Crippen molar-refractivity contribution in [3.05, 3.63) is 267 Å². The molecule has 11 aromatic carbocycles. The van der Waals surface area contributed by atoms with Gasteiger partial charge in [-0.25, -0.2) is 0 Å². The van der Waals surface area contributed by atoms with Gasteiger partial charge < -0.3 is 9.13 Å². The number of benzene rings is 11. The van der Waals surface area contributed by atoms with Gasteiger partial charge in [-0.1, -0.05) is 218 Å². The fraction of sp³-hybridized carbons (Fsp3) is 0. The Bertz CT molecular complexity index is 3950. The molecule has 0 aliphatic rings. The van der Waals surface area contributed by atoms with Gasteiger partial charge in [0.05, 0.1) is 33.4 Å². The maximum absolute atomic E-state index is 2.52. The van der Waals surface area contributed by atoms with Crippen molar-refractivity contribution < 1.29 is 0 Å². The summed E-state index contributed by atoms with van der Waals surface area (Å²) >= 11 is 0. The Labute approximate surface area is 395 Å². The van der Waals surface area contributed by atoms with Crippen molar-refractivity contribution in [1.82, 2.24) is 9.13 Å². The minimum atomic E-state index is 1.12. The molecule has 0 radical (unpaired) electrons. The third kappa shape index (κ3) is 6.49. The van der Waals surface area contributed by atoms with E-state index in [0.717, 1.165) is 33.5 Å². The highest BCUT2D eigenvalue weighted by Gasteiger charge is 2.23. The van der Waals surface area contributed by atoms with E-state index in [0.29, 0.717) is 0 Å². The van der Waals surface area contributed by atoms with Crippen LogP contribution in [0.25, 0.3) is 122 Å². The van der Waals surface area contributed by atoms with Crippen molar-refractivity contribution in [1.29, 1.82) is 0 Å². The van der Waals surface area contributed by atoms with Crippen molar-refractivity contribution in [3.8, 4) is 78.1 Å². The Morgan fingerprint density at radius 2 is 0.544 bits per heavy atom. The van der Waals surface area contributed by atoms with E-state index in [1.54, 1.807) is 0 Å². The first-order valence-electron chi connectivity index (χ1n) is 23.4. The van der Waals surface area contributed by atoms with Crippen LogP contribution in [-0.4, -0.2) is 9.13 Å². The predicted octanol–water partition coefficient (Wildman–Crippen LogP) is 17.9. The topological polar surface area (TPSA) is 9.86 Å². The van der Waals surface area contributed by atoms with Crippen molar-refractivity contribution in [2.24, 2.45) is 0 Å². The zero-order chi connectivity index (χ0) is 45.0. The zero-order valence-electron chi connectivity index (χ0n) is 37.3. The SMILES string of the molecule is c1ccc(-c2ccccc2-c2ccc3c(c2)c2cc(-c4ccccc4-c4ccccc4)c(-c4ccccc4)cc2n3-c2ccccc2-c2ccccc2-n2c3ccccc3c3ccccc32)cc1. The predicted molar refractivity (Wildman–Crippen MR) is 288 cm³/mol. The van der Waals surface area contributed by atoms with Gasteiger partial charge in [0, 0.05) is 32.7 Å². The number of aromatic nitrogens is 2. The second-order valence-electron chi connectivity index (χ2n) is 17.6. The van der Waals surface area contributed by atoms with Crippen LogP contribution in [0.4, 0.5) is 0 Å². The summed E-state index contributed by atoms with van der Waals surface area (Å²) in [5, 5.41) is 4.89. The molecule has 13 rings (SSSR count). The minimum Gasteiger partial charge on any atom is -0.309 e. The first-order valence-corrected chi connectivity index (χ1v) is 23.4. The monoisotopic (exact) mass is 864 g/mol. The van der Waals surface area contributed by atoms with E-state index >= 15 is 0 Å². The van der Waals surface area contributed by atoms with Crippen LogP contribution in [0.1, 0.15) is 0 Å². The molecule has 0 atom stereocenters. The number of nitrogens with zero attached hydrogens (tertiary/aromatic N) is 2. The van der Waals surface area contributed by atoms with E-state index in [9.17, 15) is 0 Å². The van der Waals surface area contributed by atoms with E-state index in [2.05, 4.69) is 276 Å². The van der Waals surface area contributed by atoms with Gasteiger partial charge in [-0.3, -0.25) is 0 Å². The maximum Gasteiger partial charge on any atom is 0.0547 e. The Hall–Kier alpha value is -8.98. The first-order chi connectivity index (χ1) is 33.8. The van der Waals surface area contributed by atoms with Gasteiger partial charge in [0.2, 0.25) is 0 Å². The van der Waals surface area contributed by atoms with Gasteiger partial charge >= 0.3 is 0 Å². The summed E-state index contributed by atoms with van der Waals surface area (Å²) in [6, 6.07) is 97.6. The number of para-hydroxylation sites is 4. The highest BCUT2D eigenvalue weighted by atomic mass is 15.0. The number of rotatable bonds is 8. The lowest BCUT2D eigenvalue weighted by atomic mass is 9.88. The van der Waals surface area contributed by atoms with Crippen molar-refractivity contribution in [3.63, 3.8) is 0 Å². The average Bonchev–Trinajstić information content (AvgIpc) is 3.93. The molecule has 68 heavy (non-hydrogen) atoms. The summed E-state index contributed by atoms with van der Waals surface area (Å²) in [6.07, 6.45) is 0. The molecule has 0 aliphatic heterocycles. The smallest absolute Gasteiger partial charge is 0.0547 e. The summed E-state index contributed by atoms with van der Waals surface area (Å²) < 4.78 is 4.97. The first kappa shape index (κ1) is 39.4. The van der Waals surface area contributed by atoms with Crippen LogP contribution in [0.15, 0.2) is 267 Å². The number of hydrogen-bond acceptors (Lipinski definition) is 0. The number of hydrogen-bond donors (Lipinski definition) is 0. The van der Waals surface area contributed by atoms with Crippen LogP contribution < -0.4 is 0 Å². The van der Waals surface area contributed by atoms with Gasteiger partial charge in [0.15, 0.2) is 0 Å². The Morgan fingerprint density at radius 1 is 0.176 bits per heavy atom. The molecular formula is C66H44N2. The van der Waals surface area contributed by atoms with E-state index < -0.39 is 0 Å². The Morgan fingerprint density at radius 3 is 1.09 bits per heavy atom. The molecule has 0 saturated carbocycles. The molecule has 2 heterocycles. The van der Waals surface area contributed by atoms with Crippen LogP contribution >= 0.6 is 0 Å². The Kier molecular flexibility index (Phi) is 9.54. The van der Waals surface area contributed by atoms with E-state index in [-0.39, 0.29) is 0 Å². The molecule has 2 heteroatoms. The summed E-state index contributed by atoms with van der Waals surface area (Å²) in [4.78, 5) is 0. The van der Waals surface area contributed by atoms with Crippen LogP contribution in [-0.2, 0) is 0 Å². The van der Waals surface area contributed by atoms with Crippen molar-refractivity contribution >= 4 is 43.6 Å². The standard InChI is InChI=1S/C66H44N2/c1-4-22-45(23-5-1)49-28-10-11-30-51(49)48-40-41-65-59(42-48)60-43-58(52-31-13-12-29-50(52)46-24-6-2-7-25-46)57(47-26-8-3-9-27-47)44-66(60)68(65)64-39-21-17-35-56(64)55-34-16-20-38-63(55)67-61-36-18-14-32-53(61)54-33-15-19-37-62(54)67/h1-44H. The van der Waals surface area contributed by atoms with Gasteiger partial charge in [0.1, 0.15) is 0 Å². The van der Waals surface area contributed by atoms with Gasteiger partial charge in [0.25, 0.3) is 0 Å². The molecule has 13 aromatic rings. The van der Waals surface area contributed by atoms with Crippen LogP contribution in [0.2, 0.25) is 0 Å². The summed E-state index contributed by atoms with van der Waals surface area (Å²) in [5.41, 5.74) is 21.2. The molecule has 0 aliphatic carbocycles. The number of fused-ring (bicyclic) bond motifs is 6. The van der Waals surface area contributed by atoms with E-state index in [1.165, 1.54) is 88.2 Å². The molecule has 0 spiro atoms. The third-order valence-corrected chi connectivity index (χ3v) is 13.8. The summed E-state index contributed by atoms with van der Waals surface area (Å²) in [6.45, 7) is 0. The molecule has 0 N–H and O–H groups in total. The molecule has 2 nitrogen and oxygen atoms in total. The molecule has 2 aromatic heterocycles. The molecule has 0 bridgehead atoms. The molecule has 0 saturated heterocycles. The lowest BCUT2D eigenvalue weighted by Crippen LogP contribution is -2.01. The quantitative estimate of drug-likeness (QED) is 0.144. The van der Waals surface area contributed by atoms with Crippen molar-refractivity contribution in [2.45, 2.75) is 0 Å². The van der Waals surface area contributed by atoms with Crippen LogP contribution in [0.5, 0.6) is 0 Å². The lowest BCUT2D eigenvalue weighted by molar-refractivity contribution is 1.16. The van der Waals surface area contributed by atoms with E-state index in [4.69, 9.17) is 0 Å². The Balaban J connectivity index is 1.12. The molecule has 318 valence electrons. The fourth-order valence-electron chi connectivity index (χ4n) is 10.7. The third-order valence-electron chi connectivity index (χ3n) is 13.8. The molecule has 0 fully saturated rings. The highest BCUT2D eigenvalue weighted by Crippen LogP contribution is 2.46. The maximum atomic E-state index is 2.52. The fourth-order valence-corrected chi connectivity index (χ4v) is 10.7. The average molecular weight is 865 g/mol. The van der Waals surface area contributed by atoms with Crippen molar-refractivity contribution in [2.75, 3.05) is 0 Å². The zero-order valence-corrected chi connectivity index (χ0v) is 37.3. The van der Waals surface area contributed by atoms with E-state index in [1.807, 2.05) is 0 Å². The second kappa shape index (κ2) is 16.5. The van der Waals surface area contributed by atoms with Crippen LogP contribution in [0.3, 0.4) is 0 Å². The minimum absolute atomic E-state index is 1.12. The second-order valence-corrected chi connectivity index (χ2v) is 17.6. The van der Waals surface area contributed by atoms with Gasteiger partial charge in [-0.15, -0.1) is 0 Å². The summed E-state index contributed by atoms with van der Waals surface area (Å²) in [7, 11) is 0. The highest BCUT2D eigenvalue weighted by molar-refractivity contribution is 6.15. The molecular weight excluding hydrogens is 821 g/mol. The van der Waals surface area contributed by atoms with Crippen LogP contribution in [0, 0.1) is 0 Å². The normalized spacial score (nSPS) is 11.5. The van der Waals surface area contributed by atoms with Gasteiger partial charge in [-0.05, 0) is 104 Å². The molecule has 0 unspecified atom stereocenters. The molecule has 0 amide bonds. The van der Waals surface area contributed by atoms with Gasteiger partial charge in [-0.2, -0.15) is 0 Å². The summed E-state index contributed by atoms with van der Waals surface area (Å²) in [5.74, 6) is 0. The lowest BCUT2D eigenvalue weighted by Gasteiger charge is -2.19. The largest absolute Gasteiger partial charge is 0.309 e.